The Morgan fingerprint density at radius 1 is 1.18 bits per heavy atom. The molecule has 0 fully saturated rings. The summed E-state index contributed by atoms with van der Waals surface area (Å²) in [5.74, 6) is -1.24. The molecule has 0 bridgehead atoms. The number of nitrogens with zero attached hydrogens (tertiary/aromatic N) is 2. The van der Waals surface area contributed by atoms with Gasteiger partial charge in [-0.25, -0.2) is 4.79 Å². The number of ether oxygens (including phenoxy) is 1. The van der Waals surface area contributed by atoms with E-state index >= 15 is 0 Å². The van der Waals surface area contributed by atoms with Gasteiger partial charge >= 0.3 is 5.97 Å². The molecular formula is C24H21ClN4O4. The highest BCUT2D eigenvalue weighted by atomic mass is 35.5. The van der Waals surface area contributed by atoms with Crippen LogP contribution in [0.5, 0.6) is 0 Å². The standard InChI is InChI=1S/C24H21ClN4O4/c1-33-24(32)17-7-5-14(10-19(17)26)13-29-21(12-16-4-2-3-9-27-16)22(30)28-20-11-15(25)6-8-18(20)23(29)31/h2-11,21H,12-13,26H2,1H3,(H,28,30). The number of nitrogen functional groups attached to an aromatic ring is 1. The minimum absolute atomic E-state index is 0.0947. The van der Waals surface area contributed by atoms with Crippen molar-refractivity contribution in [2.24, 2.45) is 0 Å². The largest absolute Gasteiger partial charge is 0.465 e. The summed E-state index contributed by atoms with van der Waals surface area (Å²) in [7, 11) is 1.27. The fourth-order valence-electron chi connectivity index (χ4n) is 3.77. The fraction of sp³-hybridized carbons (Fsp3) is 0.167. The lowest BCUT2D eigenvalue weighted by atomic mass is 10.0. The van der Waals surface area contributed by atoms with Gasteiger partial charge in [-0.05, 0) is 48.0 Å². The number of hydrogen-bond acceptors (Lipinski definition) is 6. The first-order valence-electron chi connectivity index (χ1n) is 10.2. The number of esters is 1. The zero-order valence-electron chi connectivity index (χ0n) is 17.7. The predicted molar refractivity (Wildman–Crippen MR) is 124 cm³/mol. The maximum atomic E-state index is 13.6. The third-order valence-corrected chi connectivity index (χ3v) is 5.65. The van der Waals surface area contributed by atoms with Crippen LogP contribution in [0, 0.1) is 0 Å². The molecule has 0 aliphatic carbocycles. The van der Waals surface area contributed by atoms with Gasteiger partial charge in [0.15, 0.2) is 0 Å². The van der Waals surface area contributed by atoms with Gasteiger partial charge < -0.3 is 20.7 Å². The van der Waals surface area contributed by atoms with E-state index in [1.165, 1.54) is 12.0 Å². The van der Waals surface area contributed by atoms with Gasteiger partial charge in [-0.2, -0.15) is 0 Å². The Bertz CT molecular complexity index is 1230. The SMILES string of the molecule is COC(=O)c1ccc(CN2C(=O)c3ccc(Cl)cc3NC(=O)C2Cc2ccccn2)cc1N. The first kappa shape index (κ1) is 22.3. The zero-order valence-corrected chi connectivity index (χ0v) is 18.5. The van der Waals surface area contributed by atoms with Crippen LogP contribution in [0.25, 0.3) is 0 Å². The van der Waals surface area contributed by atoms with Crippen molar-refractivity contribution in [1.82, 2.24) is 9.88 Å². The Hall–Kier alpha value is -3.91. The normalized spacial score (nSPS) is 15.5. The van der Waals surface area contributed by atoms with Crippen LogP contribution in [-0.2, 0) is 22.5 Å². The van der Waals surface area contributed by atoms with Crippen molar-refractivity contribution in [3.63, 3.8) is 0 Å². The molecule has 33 heavy (non-hydrogen) atoms. The minimum Gasteiger partial charge on any atom is -0.465 e. The highest BCUT2D eigenvalue weighted by Crippen LogP contribution is 2.29. The van der Waals surface area contributed by atoms with Crippen molar-refractivity contribution in [1.29, 1.82) is 0 Å². The number of fused-ring (bicyclic) bond motifs is 1. The van der Waals surface area contributed by atoms with Gasteiger partial charge in [0.1, 0.15) is 6.04 Å². The maximum Gasteiger partial charge on any atom is 0.339 e. The zero-order chi connectivity index (χ0) is 23.5. The van der Waals surface area contributed by atoms with Crippen molar-refractivity contribution in [2.45, 2.75) is 19.0 Å². The molecular weight excluding hydrogens is 444 g/mol. The second-order valence-corrected chi connectivity index (χ2v) is 8.00. The van der Waals surface area contributed by atoms with Crippen molar-refractivity contribution >= 4 is 40.8 Å². The summed E-state index contributed by atoms with van der Waals surface area (Å²) >= 11 is 6.09. The molecule has 1 aliphatic heterocycles. The first-order chi connectivity index (χ1) is 15.9. The van der Waals surface area contributed by atoms with E-state index in [1.54, 1.807) is 54.7 Å². The number of carbonyl (C=O) groups excluding carboxylic acids is 3. The van der Waals surface area contributed by atoms with Gasteiger partial charge in [0.05, 0.1) is 23.9 Å². The molecule has 8 nitrogen and oxygen atoms in total. The predicted octanol–water partition coefficient (Wildman–Crippen LogP) is 3.31. The van der Waals surface area contributed by atoms with Crippen LogP contribution >= 0.6 is 11.6 Å². The van der Waals surface area contributed by atoms with E-state index in [1.807, 2.05) is 6.07 Å². The van der Waals surface area contributed by atoms with Crippen LogP contribution in [0.2, 0.25) is 5.02 Å². The second-order valence-electron chi connectivity index (χ2n) is 7.57. The average molecular weight is 465 g/mol. The third-order valence-electron chi connectivity index (χ3n) is 5.41. The quantitative estimate of drug-likeness (QED) is 0.442. The third kappa shape index (κ3) is 4.65. The molecule has 168 valence electrons. The summed E-state index contributed by atoms with van der Waals surface area (Å²) in [5, 5.41) is 3.23. The first-order valence-corrected chi connectivity index (χ1v) is 10.5. The molecule has 1 unspecified atom stereocenters. The topological polar surface area (TPSA) is 115 Å². The fourth-order valence-corrected chi connectivity index (χ4v) is 3.94. The van der Waals surface area contributed by atoms with Gasteiger partial charge in [0.2, 0.25) is 5.91 Å². The number of nitrogens with two attached hydrogens (primary N) is 1. The summed E-state index contributed by atoms with van der Waals surface area (Å²) in [6.07, 6.45) is 1.85. The van der Waals surface area contributed by atoms with Crippen LogP contribution < -0.4 is 11.1 Å². The Labute approximate surface area is 195 Å². The molecule has 0 saturated heterocycles. The number of nitrogens with one attached hydrogen (secondary N) is 1. The number of benzene rings is 2. The lowest BCUT2D eigenvalue weighted by Gasteiger charge is -2.29. The molecule has 2 amide bonds. The molecule has 4 rings (SSSR count). The van der Waals surface area contributed by atoms with E-state index in [0.717, 1.165) is 0 Å². The Morgan fingerprint density at radius 3 is 2.70 bits per heavy atom. The van der Waals surface area contributed by atoms with E-state index in [4.69, 9.17) is 22.1 Å². The van der Waals surface area contributed by atoms with Crippen LogP contribution in [-0.4, -0.2) is 40.8 Å². The maximum absolute atomic E-state index is 13.6. The van der Waals surface area contributed by atoms with Gasteiger partial charge in [-0.15, -0.1) is 0 Å². The molecule has 1 atom stereocenters. The summed E-state index contributed by atoms with van der Waals surface area (Å²) < 4.78 is 4.73. The van der Waals surface area contributed by atoms with E-state index in [-0.39, 0.29) is 36.0 Å². The molecule has 0 saturated carbocycles. The molecule has 3 aromatic rings. The number of pyridine rings is 1. The Balaban J connectivity index is 1.73. The van der Waals surface area contributed by atoms with Gasteiger partial charge in [0.25, 0.3) is 5.91 Å². The summed E-state index contributed by atoms with van der Waals surface area (Å²) in [4.78, 5) is 44.4. The smallest absolute Gasteiger partial charge is 0.339 e. The number of hydrogen-bond donors (Lipinski definition) is 2. The van der Waals surface area contributed by atoms with Crippen molar-refractivity contribution in [3.8, 4) is 0 Å². The molecule has 3 N–H and O–H groups in total. The van der Waals surface area contributed by atoms with Crippen LogP contribution in [0.1, 0.15) is 32.0 Å². The molecule has 2 aromatic carbocycles. The summed E-state index contributed by atoms with van der Waals surface area (Å²) in [5.41, 5.74) is 8.49. The summed E-state index contributed by atoms with van der Waals surface area (Å²) in [6, 6.07) is 14.1. The number of rotatable bonds is 5. The molecule has 1 aromatic heterocycles. The average Bonchev–Trinajstić information content (AvgIpc) is 2.89. The molecule has 0 spiro atoms. The number of aromatic nitrogens is 1. The van der Waals surface area contributed by atoms with Crippen LogP contribution in [0.15, 0.2) is 60.8 Å². The highest BCUT2D eigenvalue weighted by Gasteiger charge is 2.36. The molecule has 0 radical (unpaired) electrons. The van der Waals surface area contributed by atoms with Crippen LogP contribution in [0.4, 0.5) is 11.4 Å². The molecule has 9 heteroatoms. The van der Waals surface area contributed by atoms with Gasteiger partial charge in [0, 0.05) is 35.6 Å². The number of amides is 2. The van der Waals surface area contributed by atoms with E-state index in [2.05, 4.69) is 10.3 Å². The second kappa shape index (κ2) is 9.30. The molecule has 2 heterocycles. The van der Waals surface area contributed by atoms with E-state index < -0.39 is 12.0 Å². The van der Waals surface area contributed by atoms with E-state index in [9.17, 15) is 14.4 Å². The number of halogens is 1. The van der Waals surface area contributed by atoms with Gasteiger partial charge in [-0.3, -0.25) is 14.6 Å². The van der Waals surface area contributed by atoms with E-state index in [0.29, 0.717) is 27.5 Å². The number of methoxy groups -OCH3 is 1. The van der Waals surface area contributed by atoms with Gasteiger partial charge in [-0.1, -0.05) is 23.7 Å². The molecule has 1 aliphatic rings. The van der Waals surface area contributed by atoms with Crippen molar-refractivity contribution in [3.05, 3.63) is 88.2 Å². The van der Waals surface area contributed by atoms with Crippen molar-refractivity contribution in [2.75, 3.05) is 18.2 Å². The number of anilines is 2. The van der Waals surface area contributed by atoms with Crippen LogP contribution in [0.3, 0.4) is 0 Å². The lowest BCUT2D eigenvalue weighted by Crippen LogP contribution is -2.46. The van der Waals surface area contributed by atoms with Crippen molar-refractivity contribution < 1.29 is 19.1 Å². The minimum atomic E-state index is -0.833. The number of carbonyl (C=O) groups is 3. The Kier molecular flexibility index (Phi) is 6.28. The lowest BCUT2D eigenvalue weighted by molar-refractivity contribution is -0.120. The monoisotopic (exact) mass is 464 g/mol. The Morgan fingerprint density at radius 2 is 2.00 bits per heavy atom. The summed E-state index contributed by atoms with van der Waals surface area (Å²) in [6.45, 7) is 0.0947. The highest BCUT2D eigenvalue weighted by molar-refractivity contribution is 6.31.